The molecule has 2 aromatic rings. The van der Waals surface area contributed by atoms with Crippen molar-refractivity contribution in [2.75, 3.05) is 12.0 Å². The van der Waals surface area contributed by atoms with Crippen molar-refractivity contribution in [3.8, 4) is 0 Å². The van der Waals surface area contributed by atoms with E-state index in [1.165, 1.54) is 24.1 Å². The number of rotatable bonds is 3. The van der Waals surface area contributed by atoms with Gasteiger partial charge in [-0.1, -0.05) is 18.2 Å². The summed E-state index contributed by atoms with van der Waals surface area (Å²) >= 11 is 0. The molecule has 5 heteroatoms. The minimum Gasteiger partial charge on any atom is -0.465 e. The number of methoxy groups -OCH3 is 1. The fourth-order valence-corrected chi connectivity index (χ4v) is 3.30. The Bertz CT molecular complexity index is 967. The number of allylic oxidation sites excluding steroid dienone is 1. The summed E-state index contributed by atoms with van der Waals surface area (Å²) in [4.78, 5) is 27.1. The van der Waals surface area contributed by atoms with Gasteiger partial charge in [0.1, 0.15) is 5.82 Å². The Morgan fingerprint density at radius 3 is 2.19 bits per heavy atom. The van der Waals surface area contributed by atoms with Gasteiger partial charge in [0.2, 0.25) is 0 Å². The largest absolute Gasteiger partial charge is 0.465 e. The Hall–Kier alpha value is -3.21. The zero-order valence-corrected chi connectivity index (χ0v) is 15.7. The first-order valence-electron chi connectivity index (χ1n) is 8.51. The molecule has 0 saturated carbocycles. The van der Waals surface area contributed by atoms with E-state index in [1.54, 1.807) is 25.1 Å². The molecule has 0 saturated heterocycles. The fourth-order valence-electron chi connectivity index (χ4n) is 3.30. The molecule has 0 unspecified atom stereocenters. The monoisotopic (exact) mass is 365 g/mol. The predicted octanol–water partition coefficient (Wildman–Crippen LogP) is 4.32. The van der Waals surface area contributed by atoms with Crippen LogP contribution in [-0.4, -0.2) is 19.0 Å². The SMILES string of the molecule is COC(=O)C1=C(C)N(c2cc(C)cc(C)c2)C(=O)/C1=C\c1ccc(F)cc1. The maximum atomic E-state index is 13.2. The number of amides is 1. The highest BCUT2D eigenvalue weighted by molar-refractivity contribution is 6.23. The first kappa shape index (κ1) is 18.6. The molecule has 0 spiro atoms. The van der Waals surface area contributed by atoms with Crippen molar-refractivity contribution in [3.63, 3.8) is 0 Å². The first-order valence-corrected chi connectivity index (χ1v) is 8.51. The topological polar surface area (TPSA) is 46.6 Å². The zero-order valence-electron chi connectivity index (χ0n) is 15.7. The molecule has 0 aliphatic carbocycles. The number of hydrogen-bond acceptors (Lipinski definition) is 3. The third-order valence-electron chi connectivity index (χ3n) is 4.44. The highest BCUT2D eigenvalue weighted by Crippen LogP contribution is 2.36. The van der Waals surface area contributed by atoms with E-state index >= 15 is 0 Å². The quantitative estimate of drug-likeness (QED) is 0.601. The van der Waals surface area contributed by atoms with Crippen molar-refractivity contribution in [3.05, 3.63) is 81.8 Å². The summed E-state index contributed by atoms with van der Waals surface area (Å²) < 4.78 is 18.1. The van der Waals surface area contributed by atoms with E-state index in [9.17, 15) is 14.0 Å². The molecule has 0 aromatic heterocycles. The molecule has 3 rings (SSSR count). The molecule has 0 radical (unpaired) electrons. The van der Waals surface area contributed by atoms with Gasteiger partial charge >= 0.3 is 5.97 Å². The van der Waals surface area contributed by atoms with E-state index in [2.05, 4.69) is 0 Å². The molecule has 0 bridgehead atoms. The van der Waals surface area contributed by atoms with Crippen LogP contribution in [0.2, 0.25) is 0 Å². The van der Waals surface area contributed by atoms with Crippen molar-refractivity contribution in [2.24, 2.45) is 0 Å². The Labute approximate surface area is 157 Å². The standard InChI is InChI=1S/C22H20FNO3/c1-13-9-14(2)11-18(10-13)24-15(3)20(22(26)27-4)19(21(24)25)12-16-5-7-17(23)8-6-16/h5-12H,1-4H3/b19-12-. The van der Waals surface area contributed by atoms with Gasteiger partial charge < -0.3 is 4.74 Å². The van der Waals surface area contributed by atoms with Crippen LogP contribution in [0.15, 0.2) is 59.3 Å². The second-order valence-corrected chi connectivity index (χ2v) is 6.55. The highest BCUT2D eigenvalue weighted by atomic mass is 19.1. The lowest BCUT2D eigenvalue weighted by atomic mass is 10.0. The van der Waals surface area contributed by atoms with Crippen molar-refractivity contribution in [1.82, 2.24) is 0 Å². The van der Waals surface area contributed by atoms with Crippen molar-refractivity contribution in [2.45, 2.75) is 20.8 Å². The molecule has 27 heavy (non-hydrogen) atoms. The van der Waals surface area contributed by atoms with Crippen molar-refractivity contribution in [1.29, 1.82) is 0 Å². The van der Waals surface area contributed by atoms with Crippen LogP contribution < -0.4 is 4.90 Å². The number of ether oxygens (including phenoxy) is 1. The number of hydrogen-bond donors (Lipinski definition) is 0. The molecular formula is C22H20FNO3. The average Bonchev–Trinajstić information content (AvgIpc) is 2.85. The maximum absolute atomic E-state index is 13.2. The van der Waals surface area contributed by atoms with Gasteiger partial charge in [-0.25, -0.2) is 9.18 Å². The molecule has 0 fully saturated rings. The highest BCUT2D eigenvalue weighted by Gasteiger charge is 2.38. The Morgan fingerprint density at radius 2 is 1.63 bits per heavy atom. The second kappa shape index (κ2) is 7.19. The summed E-state index contributed by atoms with van der Waals surface area (Å²) in [6, 6.07) is 11.5. The Balaban J connectivity index is 2.15. The smallest absolute Gasteiger partial charge is 0.340 e. The number of carbonyl (C=O) groups excluding carboxylic acids is 2. The van der Waals surface area contributed by atoms with E-state index in [-0.39, 0.29) is 22.9 Å². The molecule has 1 aliphatic rings. The average molecular weight is 365 g/mol. The summed E-state index contributed by atoms with van der Waals surface area (Å²) in [5.74, 6) is -1.27. The van der Waals surface area contributed by atoms with E-state index in [0.717, 1.165) is 11.1 Å². The number of halogens is 1. The lowest BCUT2D eigenvalue weighted by molar-refractivity contribution is -0.136. The number of nitrogens with zero attached hydrogens (tertiary/aromatic N) is 1. The van der Waals surface area contributed by atoms with Gasteiger partial charge in [-0.15, -0.1) is 0 Å². The summed E-state index contributed by atoms with van der Waals surface area (Å²) in [5.41, 5.74) is 4.29. The molecule has 0 N–H and O–H groups in total. The predicted molar refractivity (Wildman–Crippen MR) is 102 cm³/mol. The van der Waals surface area contributed by atoms with Crippen LogP contribution >= 0.6 is 0 Å². The van der Waals surface area contributed by atoms with Gasteiger partial charge in [0, 0.05) is 11.4 Å². The zero-order chi connectivity index (χ0) is 19.7. The number of esters is 1. The second-order valence-electron chi connectivity index (χ2n) is 6.55. The summed E-state index contributed by atoms with van der Waals surface area (Å²) in [6.45, 7) is 5.62. The van der Waals surface area contributed by atoms with Gasteiger partial charge in [-0.3, -0.25) is 9.69 Å². The van der Waals surface area contributed by atoms with Gasteiger partial charge in [0.25, 0.3) is 5.91 Å². The minimum absolute atomic E-state index is 0.214. The number of anilines is 1. The van der Waals surface area contributed by atoms with E-state index in [1.807, 2.05) is 32.0 Å². The van der Waals surface area contributed by atoms with Crippen LogP contribution in [-0.2, 0) is 14.3 Å². The first-order chi connectivity index (χ1) is 12.8. The normalized spacial score (nSPS) is 15.7. The van der Waals surface area contributed by atoms with Crippen LogP contribution in [0.4, 0.5) is 10.1 Å². The lowest BCUT2D eigenvalue weighted by Gasteiger charge is -2.19. The molecule has 1 aliphatic heterocycles. The molecule has 4 nitrogen and oxygen atoms in total. The van der Waals surface area contributed by atoms with Gasteiger partial charge in [0.05, 0.1) is 18.3 Å². The molecule has 138 valence electrons. The summed E-state index contributed by atoms with van der Waals surface area (Å²) in [7, 11) is 1.28. The Kier molecular flexibility index (Phi) is 4.95. The number of aryl methyl sites for hydroxylation is 2. The molecule has 0 atom stereocenters. The minimum atomic E-state index is -0.582. The lowest BCUT2D eigenvalue weighted by Crippen LogP contribution is -2.24. The van der Waals surface area contributed by atoms with E-state index in [0.29, 0.717) is 16.9 Å². The molecule has 1 amide bonds. The molecule has 2 aromatic carbocycles. The van der Waals surface area contributed by atoms with Gasteiger partial charge in [-0.2, -0.15) is 0 Å². The summed E-state index contributed by atoms with van der Waals surface area (Å²) in [5, 5.41) is 0. The third-order valence-corrected chi connectivity index (χ3v) is 4.44. The van der Waals surface area contributed by atoms with E-state index < -0.39 is 5.97 Å². The Morgan fingerprint density at radius 1 is 1.04 bits per heavy atom. The van der Waals surface area contributed by atoms with Crippen LogP contribution in [0.3, 0.4) is 0 Å². The maximum Gasteiger partial charge on any atom is 0.340 e. The van der Waals surface area contributed by atoms with Crippen LogP contribution in [0.5, 0.6) is 0 Å². The van der Waals surface area contributed by atoms with Crippen LogP contribution in [0.1, 0.15) is 23.6 Å². The summed E-state index contributed by atoms with van der Waals surface area (Å²) in [6.07, 6.45) is 1.58. The van der Waals surface area contributed by atoms with Gasteiger partial charge in [0.15, 0.2) is 0 Å². The van der Waals surface area contributed by atoms with Gasteiger partial charge in [-0.05, 0) is 67.8 Å². The fraction of sp³-hybridized carbons (Fsp3) is 0.182. The van der Waals surface area contributed by atoms with Crippen LogP contribution in [0.25, 0.3) is 6.08 Å². The van der Waals surface area contributed by atoms with E-state index in [4.69, 9.17) is 4.74 Å². The number of benzene rings is 2. The molecule has 1 heterocycles. The van der Waals surface area contributed by atoms with Crippen molar-refractivity contribution >= 4 is 23.6 Å². The molecular weight excluding hydrogens is 345 g/mol. The number of carbonyl (C=O) groups is 2. The third kappa shape index (κ3) is 3.53. The van der Waals surface area contributed by atoms with Crippen molar-refractivity contribution < 1.29 is 18.7 Å². The van der Waals surface area contributed by atoms with Crippen LogP contribution in [0, 0.1) is 19.7 Å².